The van der Waals surface area contributed by atoms with E-state index in [0.29, 0.717) is 0 Å². The molecule has 1 atom stereocenters. The predicted molar refractivity (Wildman–Crippen MR) is 141 cm³/mol. The summed E-state index contributed by atoms with van der Waals surface area (Å²) < 4.78 is 0. The number of hydrogen-bond donors (Lipinski definition) is 0. The highest BCUT2D eigenvalue weighted by Gasteiger charge is 2.40. The van der Waals surface area contributed by atoms with Gasteiger partial charge in [0, 0.05) is 11.4 Å². The molecule has 0 N–H and O–H groups in total. The molecule has 0 radical (unpaired) electrons. The maximum atomic E-state index is 13.9. The van der Waals surface area contributed by atoms with Gasteiger partial charge >= 0.3 is 0 Å². The summed E-state index contributed by atoms with van der Waals surface area (Å²) in [5.41, 5.74) is 4.25. The number of carbonyl (C=O) groups is 1. The molecule has 0 saturated carbocycles. The van der Waals surface area contributed by atoms with Crippen molar-refractivity contribution in [3.05, 3.63) is 99.9 Å². The predicted octanol–water partition coefficient (Wildman–Crippen LogP) is 6.99. The number of aliphatic imine (C=N–C) groups is 1. The highest BCUT2D eigenvalue weighted by molar-refractivity contribution is 8.20. The summed E-state index contributed by atoms with van der Waals surface area (Å²) in [7, 11) is 0. The van der Waals surface area contributed by atoms with E-state index in [0.717, 1.165) is 44.1 Å². The van der Waals surface area contributed by atoms with Gasteiger partial charge in [0.2, 0.25) is 0 Å². The highest BCUT2D eigenvalue weighted by atomic mass is 32.2. The van der Waals surface area contributed by atoms with Crippen LogP contribution in [0.3, 0.4) is 0 Å². The molecule has 1 amide bonds. The molecule has 0 unspecified atom stereocenters. The lowest BCUT2D eigenvalue weighted by molar-refractivity contribution is -0.113. The standard InChI is InChI=1S/C27H25N3OS2/c1-4-29-22-15-8-9-16-23(22)32-26(29)24-25(31)30(21-14-10-11-18(2)17-21)27(33-24)28-19(3)20-12-6-5-7-13-20/h5-17,19H,4H2,1-3H3/b26-24-,28-27?/t19-/m1/s1. The van der Waals surface area contributed by atoms with Gasteiger partial charge in [-0.1, -0.05) is 66.4 Å². The first-order chi connectivity index (χ1) is 16.1. The number of nitrogens with zero attached hydrogens (tertiary/aromatic N) is 3. The number of carbonyl (C=O) groups excluding carboxylic acids is 1. The summed E-state index contributed by atoms with van der Waals surface area (Å²) in [5, 5.41) is 1.71. The molecular formula is C27H25N3OS2. The van der Waals surface area contributed by atoms with Gasteiger partial charge in [-0.25, -0.2) is 0 Å². The second kappa shape index (κ2) is 9.12. The van der Waals surface area contributed by atoms with Gasteiger partial charge in [-0.05, 0) is 67.9 Å². The van der Waals surface area contributed by atoms with Crippen LogP contribution in [0.1, 0.15) is 31.0 Å². The zero-order valence-electron chi connectivity index (χ0n) is 18.9. The topological polar surface area (TPSA) is 35.9 Å². The fraction of sp³-hybridized carbons (Fsp3) is 0.185. The number of amides is 1. The van der Waals surface area contributed by atoms with Crippen LogP contribution >= 0.6 is 23.5 Å². The Labute approximate surface area is 203 Å². The first-order valence-electron chi connectivity index (χ1n) is 11.1. The number of fused-ring (bicyclic) bond motifs is 1. The van der Waals surface area contributed by atoms with Crippen LogP contribution in [0.4, 0.5) is 11.4 Å². The number of thioether (sulfide) groups is 2. The van der Waals surface area contributed by atoms with Crippen molar-refractivity contribution in [3.8, 4) is 0 Å². The minimum absolute atomic E-state index is 0.0154. The molecule has 0 bridgehead atoms. The minimum Gasteiger partial charge on any atom is -0.334 e. The van der Waals surface area contributed by atoms with Crippen molar-refractivity contribution >= 4 is 46.0 Å². The van der Waals surface area contributed by atoms with E-state index in [4.69, 9.17) is 4.99 Å². The number of aryl methyl sites for hydroxylation is 1. The molecule has 0 spiro atoms. The van der Waals surface area contributed by atoms with E-state index in [2.05, 4.69) is 43.0 Å². The minimum atomic E-state index is -0.0612. The maximum Gasteiger partial charge on any atom is 0.274 e. The molecule has 0 aliphatic carbocycles. The number of hydrogen-bond acceptors (Lipinski definition) is 5. The maximum absolute atomic E-state index is 13.9. The molecule has 1 fully saturated rings. The summed E-state index contributed by atoms with van der Waals surface area (Å²) in [6, 6.07) is 26.5. The average Bonchev–Trinajstić information content (AvgIpc) is 3.36. The van der Waals surface area contributed by atoms with E-state index in [9.17, 15) is 4.79 Å². The highest BCUT2D eigenvalue weighted by Crippen LogP contribution is 2.51. The second-order valence-electron chi connectivity index (χ2n) is 8.03. The first-order valence-corrected chi connectivity index (χ1v) is 12.7. The van der Waals surface area contributed by atoms with Gasteiger partial charge in [0.05, 0.1) is 17.4 Å². The van der Waals surface area contributed by atoms with Gasteiger partial charge < -0.3 is 4.90 Å². The monoisotopic (exact) mass is 471 g/mol. The Bertz CT molecular complexity index is 1270. The number of rotatable bonds is 4. The molecule has 2 heterocycles. The van der Waals surface area contributed by atoms with E-state index in [1.807, 2.05) is 61.5 Å². The van der Waals surface area contributed by atoms with E-state index < -0.39 is 0 Å². The van der Waals surface area contributed by atoms with Crippen LogP contribution in [0.25, 0.3) is 0 Å². The summed E-state index contributed by atoms with van der Waals surface area (Å²) >= 11 is 3.15. The lowest BCUT2D eigenvalue weighted by Crippen LogP contribution is -2.30. The molecule has 5 rings (SSSR count). The van der Waals surface area contributed by atoms with Crippen LogP contribution < -0.4 is 9.80 Å². The third-order valence-electron chi connectivity index (χ3n) is 5.75. The lowest BCUT2D eigenvalue weighted by atomic mass is 10.1. The summed E-state index contributed by atoms with van der Waals surface area (Å²) in [5.74, 6) is -0.0154. The Morgan fingerprint density at radius 3 is 2.45 bits per heavy atom. The Balaban J connectivity index is 1.61. The zero-order chi connectivity index (χ0) is 22.9. The van der Waals surface area contributed by atoms with Crippen LogP contribution in [-0.4, -0.2) is 17.6 Å². The van der Waals surface area contributed by atoms with Crippen LogP contribution in [0.15, 0.2) is 98.7 Å². The van der Waals surface area contributed by atoms with Crippen molar-refractivity contribution in [1.29, 1.82) is 0 Å². The molecule has 3 aromatic carbocycles. The van der Waals surface area contributed by atoms with E-state index in [1.54, 1.807) is 16.7 Å². The van der Waals surface area contributed by atoms with Crippen molar-refractivity contribution in [1.82, 2.24) is 0 Å². The van der Waals surface area contributed by atoms with Crippen molar-refractivity contribution in [2.24, 2.45) is 4.99 Å². The molecule has 2 aliphatic rings. The van der Waals surface area contributed by atoms with Crippen molar-refractivity contribution in [3.63, 3.8) is 0 Å². The van der Waals surface area contributed by atoms with Crippen molar-refractivity contribution in [2.75, 3.05) is 16.3 Å². The molecule has 0 aromatic heterocycles. The van der Waals surface area contributed by atoms with Crippen LogP contribution in [0, 0.1) is 6.92 Å². The lowest BCUT2D eigenvalue weighted by Gasteiger charge is -2.19. The Morgan fingerprint density at radius 2 is 1.70 bits per heavy atom. The molecule has 2 aliphatic heterocycles. The van der Waals surface area contributed by atoms with Crippen LogP contribution in [-0.2, 0) is 4.79 Å². The van der Waals surface area contributed by atoms with Crippen LogP contribution in [0.2, 0.25) is 0 Å². The van der Waals surface area contributed by atoms with Gasteiger partial charge in [0.25, 0.3) is 5.91 Å². The number of anilines is 2. The molecule has 33 heavy (non-hydrogen) atoms. The fourth-order valence-electron chi connectivity index (χ4n) is 4.07. The van der Waals surface area contributed by atoms with E-state index in [-0.39, 0.29) is 11.9 Å². The SMILES string of the molecule is CCN1/C(=C2/SC(=N[C@H](C)c3ccccc3)N(c3cccc(C)c3)C2=O)Sc2ccccc21. The Hall–Kier alpha value is -2.96. The largest absolute Gasteiger partial charge is 0.334 e. The number of amidine groups is 1. The molecule has 6 heteroatoms. The average molecular weight is 472 g/mol. The third-order valence-corrected chi connectivity index (χ3v) is 8.10. The first kappa shape index (κ1) is 21.9. The van der Waals surface area contributed by atoms with Gasteiger partial charge in [-0.15, -0.1) is 0 Å². The Kier molecular flexibility index (Phi) is 6.04. The van der Waals surface area contributed by atoms with Crippen molar-refractivity contribution in [2.45, 2.75) is 31.7 Å². The summed E-state index contributed by atoms with van der Waals surface area (Å²) in [6.45, 7) is 7.04. The van der Waals surface area contributed by atoms with Gasteiger partial charge in [0.1, 0.15) is 9.93 Å². The van der Waals surface area contributed by atoms with Crippen molar-refractivity contribution < 1.29 is 4.79 Å². The zero-order valence-corrected chi connectivity index (χ0v) is 20.5. The molecular weight excluding hydrogens is 446 g/mol. The third kappa shape index (κ3) is 4.09. The number of benzene rings is 3. The molecule has 166 valence electrons. The van der Waals surface area contributed by atoms with Crippen LogP contribution in [0.5, 0.6) is 0 Å². The fourth-order valence-corrected chi connectivity index (χ4v) is 6.53. The van der Waals surface area contributed by atoms with E-state index >= 15 is 0 Å². The summed E-state index contributed by atoms with van der Waals surface area (Å²) in [6.07, 6.45) is 0. The second-order valence-corrected chi connectivity index (χ2v) is 10.0. The molecule has 3 aromatic rings. The molecule has 4 nitrogen and oxygen atoms in total. The van der Waals surface area contributed by atoms with Gasteiger partial charge in [0.15, 0.2) is 5.17 Å². The quantitative estimate of drug-likeness (QED) is 0.384. The van der Waals surface area contributed by atoms with Gasteiger partial charge in [-0.2, -0.15) is 0 Å². The normalized spacial score (nSPS) is 20.0. The number of para-hydroxylation sites is 1. The summed E-state index contributed by atoms with van der Waals surface area (Å²) in [4.78, 5) is 24.8. The molecule has 1 saturated heterocycles. The van der Waals surface area contributed by atoms with E-state index in [1.165, 1.54) is 16.7 Å². The van der Waals surface area contributed by atoms with Gasteiger partial charge in [-0.3, -0.25) is 14.7 Å². The Morgan fingerprint density at radius 1 is 0.939 bits per heavy atom. The smallest absolute Gasteiger partial charge is 0.274 e.